The lowest BCUT2D eigenvalue weighted by molar-refractivity contribution is -0.143. The maximum absolute atomic E-state index is 12.9. The van der Waals surface area contributed by atoms with Gasteiger partial charge in [0.05, 0.1) is 31.0 Å². The van der Waals surface area contributed by atoms with Crippen molar-refractivity contribution in [2.75, 3.05) is 32.8 Å². The molecule has 4 rings (SSSR count). The first-order valence-corrected chi connectivity index (χ1v) is 10.6. The Bertz CT molecular complexity index is 978. The minimum Gasteiger partial charge on any atom is -0.368 e. The number of nitrogens with zero attached hydrogens (tertiary/aromatic N) is 3. The van der Waals surface area contributed by atoms with E-state index in [0.717, 1.165) is 24.1 Å². The summed E-state index contributed by atoms with van der Waals surface area (Å²) >= 11 is 0. The number of pyridine rings is 1. The summed E-state index contributed by atoms with van der Waals surface area (Å²) in [5.74, 6) is -0.0871. The average molecular weight is 447 g/mol. The van der Waals surface area contributed by atoms with Gasteiger partial charge in [-0.1, -0.05) is 24.3 Å². The van der Waals surface area contributed by atoms with Gasteiger partial charge in [-0.05, 0) is 36.1 Å². The molecule has 2 saturated heterocycles. The van der Waals surface area contributed by atoms with Gasteiger partial charge in [-0.3, -0.25) is 14.6 Å². The lowest BCUT2D eigenvalue weighted by Crippen LogP contribution is -2.47. The fraction of sp³-hybridized carbons (Fsp3) is 0.435. The molecule has 0 radical (unpaired) electrons. The highest BCUT2D eigenvalue weighted by atomic mass is 19.4. The Labute approximate surface area is 184 Å². The second-order valence-electron chi connectivity index (χ2n) is 8.08. The van der Waals surface area contributed by atoms with Crippen LogP contribution in [0.5, 0.6) is 0 Å². The number of hydrogen-bond donors (Lipinski definition) is 0. The summed E-state index contributed by atoms with van der Waals surface area (Å²) in [4.78, 5) is 32.1. The van der Waals surface area contributed by atoms with Crippen molar-refractivity contribution in [2.45, 2.75) is 31.5 Å². The fourth-order valence-corrected chi connectivity index (χ4v) is 4.01. The van der Waals surface area contributed by atoms with Crippen molar-refractivity contribution < 1.29 is 27.5 Å². The Kier molecular flexibility index (Phi) is 6.45. The third kappa shape index (κ3) is 5.27. The van der Waals surface area contributed by atoms with Crippen LogP contribution >= 0.6 is 0 Å². The molecule has 2 aromatic rings. The standard InChI is InChI=1S/C23H24F3N3O3/c24-23(25,26)18-4-1-3-16(12-18)11-17-6-7-19(27-13-17)20-14-29(9-10-32-20)22(31)15-28-8-2-5-21(28)30/h1,3-4,6-7,12-13,20H,2,5,8-11,14-15H2/t20-/m1/s1. The molecule has 0 unspecified atom stereocenters. The van der Waals surface area contributed by atoms with E-state index >= 15 is 0 Å². The number of morpholine rings is 1. The van der Waals surface area contributed by atoms with Gasteiger partial charge in [0.15, 0.2) is 0 Å². The summed E-state index contributed by atoms with van der Waals surface area (Å²) < 4.78 is 44.5. The summed E-state index contributed by atoms with van der Waals surface area (Å²) in [6, 6.07) is 8.85. The number of ether oxygens (including phenoxy) is 1. The molecule has 9 heteroatoms. The molecule has 2 amide bonds. The van der Waals surface area contributed by atoms with Gasteiger partial charge in [-0.15, -0.1) is 0 Å². The largest absolute Gasteiger partial charge is 0.416 e. The van der Waals surface area contributed by atoms with Gasteiger partial charge in [-0.2, -0.15) is 13.2 Å². The number of rotatable bonds is 5. The molecule has 0 spiro atoms. The van der Waals surface area contributed by atoms with Gasteiger partial charge in [-0.25, -0.2) is 0 Å². The summed E-state index contributed by atoms with van der Waals surface area (Å²) in [6.45, 7) is 1.89. The number of likely N-dealkylation sites (tertiary alicyclic amines) is 1. The van der Waals surface area contributed by atoms with Crippen molar-refractivity contribution >= 4 is 11.8 Å². The lowest BCUT2D eigenvalue weighted by atomic mass is 10.0. The maximum Gasteiger partial charge on any atom is 0.416 e. The summed E-state index contributed by atoms with van der Waals surface area (Å²) in [6.07, 6.45) is -1.52. The first-order valence-electron chi connectivity index (χ1n) is 10.6. The number of carbonyl (C=O) groups excluding carboxylic acids is 2. The van der Waals surface area contributed by atoms with E-state index in [-0.39, 0.29) is 24.5 Å². The number of halogens is 3. The van der Waals surface area contributed by atoms with E-state index in [9.17, 15) is 22.8 Å². The maximum atomic E-state index is 12.9. The smallest absolute Gasteiger partial charge is 0.368 e. The molecule has 1 aromatic heterocycles. The van der Waals surface area contributed by atoms with E-state index < -0.39 is 11.7 Å². The number of hydrogen-bond acceptors (Lipinski definition) is 4. The minimum absolute atomic E-state index is 0.0150. The highest BCUT2D eigenvalue weighted by molar-refractivity contribution is 5.86. The summed E-state index contributed by atoms with van der Waals surface area (Å²) in [5.41, 5.74) is 1.32. The number of benzene rings is 1. The third-order valence-corrected chi connectivity index (χ3v) is 5.76. The minimum atomic E-state index is -4.37. The number of aromatic nitrogens is 1. The van der Waals surface area contributed by atoms with Crippen LogP contribution in [0.1, 0.15) is 41.3 Å². The lowest BCUT2D eigenvalue weighted by Gasteiger charge is -2.33. The molecule has 0 saturated carbocycles. The molecule has 1 atom stereocenters. The molecule has 2 fully saturated rings. The van der Waals surface area contributed by atoms with Crippen LogP contribution in [0.3, 0.4) is 0 Å². The molecule has 2 aliphatic heterocycles. The predicted octanol–water partition coefficient (Wildman–Crippen LogP) is 3.21. The SMILES string of the molecule is O=C1CCCN1CC(=O)N1CCO[C@@H](c2ccc(Cc3cccc(C(F)(F)F)c3)cn2)C1. The van der Waals surface area contributed by atoms with Crippen molar-refractivity contribution in [1.82, 2.24) is 14.8 Å². The van der Waals surface area contributed by atoms with Crippen LogP contribution in [0, 0.1) is 0 Å². The molecule has 170 valence electrons. The zero-order valence-electron chi connectivity index (χ0n) is 17.5. The molecule has 0 N–H and O–H groups in total. The van der Waals surface area contributed by atoms with Crippen molar-refractivity contribution in [3.8, 4) is 0 Å². The van der Waals surface area contributed by atoms with Gasteiger partial charge in [0.2, 0.25) is 11.8 Å². The Morgan fingerprint density at radius 2 is 2.00 bits per heavy atom. The molecule has 6 nitrogen and oxygen atoms in total. The molecular formula is C23H24F3N3O3. The summed E-state index contributed by atoms with van der Waals surface area (Å²) in [5, 5.41) is 0. The second-order valence-corrected chi connectivity index (χ2v) is 8.08. The fourth-order valence-electron chi connectivity index (χ4n) is 4.01. The van der Waals surface area contributed by atoms with Gasteiger partial charge < -0.3 is 14.5 Å². The van der Waals surface area contributed by atoms with Crippen LogP contribution in [-0.4, -0.2) is 59.4 Å². The molecule has 3 heterocycles. The van der Waals surface area contributed by atoms with Gasteiger partial charge in [0.25, 0.3) is 0 Å². The highest BCUT2D eigenvalue weighted by Crippen LogP contribution is 2.30. The van der Waals surface area contributed by atoms with Crippen LogP contribution in [0.4, 0.5) is 13.2 Å². The quantitative estimate of drug-likeness (QED) is 0.706. The Morgan fingerprint density at radius 1 is 1.16 bits per heavy atom. The van der Waals surface area contributed by atoms with E-state index in [1.807, 2.05) is 6.07 Å². The first kappa shape index (κ1) is 22.3. The van der Waals surface area contributed by atoms with Crippen molar-refractivity contribution in [3.05, 3.63) is 65.0 Å². The summed E-state index contributed by atoms with van der Waals surface area (Å²) in [7, 11) is 0. The highest BCUT2D eigenvalue weighted by Gasteiger charge is 2.31. The van der Waals surface area contributed by atoms with E-state index in [2.05, 4.69) is 4.98 Å². The topological polar surface area (TPSA) is 62.7 Å². The normalized spacial score (nSPS) is 19.5. The van der Waals surface area contributed by atoms with E-state index in [4.69, 9.17) is 4.74 Å². The molecule has 1 aromatic carbocycles. The number of carbonyl (C=O) groups is 2. The van der Waals surface area contributed by atoms with Crippen LogP contribution < -0.4 is 0 Å². The number of alkyl halides is 3. The second kappa shape index (κ2) is 9.28. The average Bonchev–Trinajstić information content (AvgIpc) is 3.18. The molecule has 0 aliphatic carbocycles. The molecular weight excluding hydrogens is 423 g/mol. The van der Waals surface area contributed by atoms with E-state index in [1.54, 1.807) is 28.1 Å². The van der Waals surface area contributed by atoms with Gasteiger partial charge in [0.1, 0.15) is 6.10 Å². The van der Waals surface area contributed by atoms with Crippen molar-refractivity contribution in [2.24, 2.45) is 0 Å². The van der Waals surface area contributed by atoms with Crippen LogP contribution in [-0.2, 0) is 26.9 Å². The Morgan fingerprint density at radius 3 is 2.69 bits per heavy atom. The van der Waals surface area contributed by atoms with Crippen LogP contribution in [0.15, 0.2) is 42.6 Å². The monoisotopic (exact) mass is 447 g/mol. The van der Waals surface area contributed by atoms with Crippen LogP contribution in [0.25, 0.3) is 0 Å². The third-order valence-electron chi connectivity index (χ3n) is 5.76. The molecule has 32 heavy (non-hydrogen) atoms. The van der Waals surface area contributed by atoms with Crippen molar-refractivity contribution in [1.29, 1.82) is 0 Å². The van der Waals surface area contributed by atoms with E-state index in [1.165, 1.54) is 6.07 Å². The van der Waals surface area contributed by atoms with Gasteiger partial charge in [0, 0.05) is 25.7 Å². The molecule has 0 bridgehead atoms. The zero-order valence-corrected chi connectivity index (χ0v) is 17.5. The van der Waals surface area contributed by atoms with Crippen molar-refractivity contribution in [3.63, 3.8) is 0 Å². The van der Waals surface area contributed by atoms with Crippen LogP contribution in [0.2, 0.25) is 0 Å². The predicted molar refractivity (Wildman–Crippen MR) is 110 cm³/mol. The Balaban J connectivity index is 1.37. The Hall–Kier alpha value is -2.94. The number of amides is 2. The van der Waals surface area contributed by atoms with Gasteiger partial charge >= 0.3 is 6.18 Å². The zero-order chi connectivity index (χ0) is 22.7. The first-order chi connectivity index (χ1) is 15.3. The van der Waals surface area contributed by atoms with E-state index in [0.29, 0.717) is 50.3 Å². The molecule has 2 aliphatic rings.